The Balaban J connectivity index is 1.86. The van der Waals surface area contributed by atoms with Crippen molar-refractivity contribution in [2.45, 2.75) is 198 Å². The van der Waals surface area contributed by atoms with E-state index < -0.39 is 101 Å². The van der Waals surface area contributed by atoms with Crippen LogP contribution in [0.4, 0.5) is 0 Å². The van der Waals surface area contributed by atoms with Crippen molar-refractivity contribution in [1.29, 1.82) is 0 Å². The van der Waals surface area contributed by atoms with Crippen LogP contribution >= 0.6 is 0 Å². The molecule has 4 heterocycles. The van der Waals surface area contributed by atoms with Gasteiger partial charge in [0.15, 0.2) is 18.7 Å². The number of methoxy groups -OCH3 is 2. The number of carbonyl (C=O) groups excluding carboxylic acids is 2. The SMILES string of the molecule is C=CCNCC[C@@H]1C2(C)OC2[C@H](C)C[C@@](C)(OC)[C@H](O[C@@H]2O[C@H](C)C[C@H](N(C)C)[C@H]2O)[C@@H](C)[C@H](OC2C[C@@](C)(OC)[C@@H](OC(C)=O)[C@H](C)O2)[C@@H](C)C(=O)O[C@H](CC)[C@@]1(C)O. The van der Waals surface area contributed by atoms with E-state index >= 15 is 0 Å². The van der Waals surface area contributed by atoms with Gasteiger partial charge in [-0.25, -0.2) is 0 Å². The van der Waals surface area contributed by atoms with Crippen LogP contribution in [0, 0.1) is 23.7 Å². The van der Waals surface area contributed by atoms with Gasteiger partial charge in [0, 0.05) is 52.0 Å². The van der Waals surface area contributed by atoms with Crippen molar-refractivity contribution in [2.75, 3.05) is 41.4 Å². The second-order valence-corrected chi connectivity index (χ2v) is 19.2. The normalized spacial score (nSPS) is 46.8. The Morgan fingerprint density at radius 2 is 1.63 bits per heavy atom. The largest absolute Gasteiger partial charge is 0.459 e. The van der Waals surface area contributed by atoms with Crippen LogP contribution in [-0.4, -0.2) is 158 Å². The molecular formula is C45H80N2O13. The molecule has 4 rings (SSSR count). The van der Waals surface area contributed by atoms with Crippen LogP contribution in [0.3, 0.4) is 0 Å². The van der Waals surface area contributed by atoms with Gasteiger partial charge in [-0.15, -0.1) is 6.58 Å². The summed E-state index contributed by atoms with van der Waals surface area (Å²) < 4.78 is 58.0. The van der Waals surface area contributed by atoms with Gasteiger partial charge in [0.25, 0.3) is 0 Å². The molecule has 3 unspecified atom stereocenters. The molecule has 0 amide bonds. The van der Waals surface area contributed by atoms with E-state index in [0.29, 0.717) is 38.8 Å². The molecule has 4 fully saturated rings. The highest BCUT2D eigenvalue weighted by molar-refractivity contribution is 5.73. The van der Waals surface area contributed by atoms with Gasteiger partial charge in [-0.2, -0.15) is 0 Å². The number of aliphatic hydroxyl groups excluding tert-OH is 1. The Morgan fingerprint density at radius 3 is 2.20 bits per heavy atom. The van der Waals surface area contributed by atoms with E-state index in [1.807, 2.05) is 60.5 Å². The van der Waals surface area contributed by atoms with E-state index in [4.69, 9.17) is 42.6 Å². The number of nitrogens with one attached hydrogen (secondary N) is 1. The summed E-state index contributed by atoms with van der Waals surface area (Å²) in [5, 5.41) is 27.7. The fourth-order valence-electron chi connectivity index (χ4n) is 10.7. The van der Waals surface area contributed by atoms with Gasteiger partial charge in [-0.3, -0.25) is 9.59 Å². The fourth-order valence-corrected chi connectivity index (χ4v) is 10.7. The van der Waals surface area contributed by atoms with E-state index in [1.165, 1.54) is 6.92 Å². The van der Waals surface area contributed by atoms with Crippen LogP contribution in [0.25, 0.3) is 0 Å². The van der Waals surface area contributed by atoms with Gasteiger partial charge in [0.05, 0.1) is 47.6 Å². The van der Waals surface area contributed by atoms with Crippen molar-refractivity contribution in [1.82, 2.24) is 10.2 Å². The van der Waals surface area contributed by atoms with Crippen molar-refractivity contribution >= 4 is 11.9 Å². The number of ether oxygens (including phenoxy) is 9. The summed E-state index contributed by atoms with van der Waals surface area (Å²) in [6, 6.07) is -0.243. The van der Waals surface area contributed by atoms with Crippen molar-refractivity contribution in [3.63, 3.8) is 0 Å². The maximum atomic E-state index is 14.7. The van der Waals surface area contributed by atoms with Crippen molar-refractivity contribution < 1.29 is 62.4 Å². The third-order valence-corrected chi connectivity index (χ3v) is 14.2. The van der Waals surface area contributed by atoms with Crippen molar-refractivity contribution in [3.8, 4) is 0 Å². The number of carbonyl (C=O) groups is 2. The molecule has 0 spiro atoms. The van der Waals surface area contributed by atoms with Crippen LogP contribution in [0.1, 0.15) is 108 Å². The molecule has 15 heteroatoms. The molecule has 19 atom stereocenters. The zero-order valence-electron chi connectivity index (χ0n) is 39.2. The Labute approximate surface area is 359 Å². The van der Waals surface area contributed by atoms with Crippen LogP contribution < -0.4 is 5.32 Å². The molecule has 60 heavy (non-hydrogen) atoms. The Kier molecular flexibility index (Phi) is 17.3. The molecule has 0 aliphatic carbocycles. The first-order chi connectivity index (χ1) is 27.9. The molecule has 0 aromatic rings. The second kappa shape index (κ2) is 20.4. The van der Waals surface area contributed by atoms with Crippen molar-refractivity contribution in [3.05, 3.63) is 12.7 Å². The average Bonchev–Trinajstić information content (AvgIpc) is 3.87. The van der Waals surface area contributed by atoms with Gasteiger partial charge in [-0.1, -0.05) is 26.8 Å². The summed E-state index contributed by atoms with van der Waals surface area (Å²) in [4.78, 5) is 28.8. The number of esters is 2. The van der Waals surface area contributed by atoms with Crippen LogP contribution in [-0.2, 0) is 52.2 Å². The molecule has 0 aromatic carbocycles. The van der Waals surface area contributed by atoms with Gasteiger partial charge < -0.3 is 63.1 Å². The molecule has 0 aromatic heterocycles. The minimum atomic E-state index is -1.48. The molecule has 348 valence electrons. The van der Waals surface area contributed by atoms with Crippen molar-refractivity contribution in [2.24, 2.45) is 23.7 Å². The highest BCUT2D eigenvalue weighted by atomic mass is 16.7. The molecular weight excluding hydrogens is 776 g/mol. The highest BCUT2D eigenvalue weighted by Gasteiger charge is 2.66. The number of aliphatic hydroxyl groups is 2. The Hall–Kier alpha value is -1.76. The van der Waals surface area contributed by atoms with E-state index in [1.54, 1.807) is 41.1 Å². The molecule has 3 N–H and O–H groups in total. The molecule has 0 bridgehead atoms. The van der Waals surface area contributed by atoms with Crippen LogP contribution in [0.2, 0.25) is 0 Å². The zero-order valence-corrected chi connectivity index (χ0v) is 39.2. The topological polar surface area (TPSA) is 176 Å². The minimum Gasteiger partial charge on any atom is -0.459 e. The van der Waals surface area contributed by atoms with Gasteiger partial charge >= 0.3 is 11.9 Å². The standard InChI is InChI=1S/C45H80N2O13/c1-17-20-46-21-19-32-44(11,51)33(18-2)57-40(50)28(6)36(58-34-24-43(10,53-16)39(29(7)55-34)56-30(8)48)27(5)38(42(9,52-15)23-25(3)37-45(32,12)60-37)59-41-35(49)31(47(13)14)22-26(4)54-41/h17,25-29,31-39,41,46,49,51H,1,18-24H2,2-16H3/t25-,26-,27+,28-,29+,31+,32+,33-,34?,35-,36+,37?,38-,39+,41+,42-,43-,44+,45?/m1/s1. The minimum absolute atomic E-state index is 0.103. The number of cyclic esters (lactones) is 1. The van der Waals surface area contributed by atoms with E-state index in [-0.39, 0.29) is 30.6 Å². The Bertz CT molecular complexity index is 1430. The summed E-state index contributed by atoms with van der Waals surface area (Å²) in [5.41, 5.74) is -4.28. The van der Waals surface area contributed by atoms with Crippen LogP contribution in [0.5, 0.6) is 0 Å². The second-order valence-electron chi connectivity index (χ2n) is 19.2. The third kappa shape index (κ3) is 10.9. The summed E-state index contributed by atoms with van der Waals surface area (Å²) >= 11 is 0. The summed E-state index contributed by atoms with van der Waals surface area (Å²) in [7, 11) is 7.04. The number of rotatable bonds is 14. The third-order valence-electron chi connectivity index (χ3n) is 14.2. The van der Waals surface area contributed by atoms with E-state index in [2.05, 4.69) is 18.8 Å². The van der Waals surface area contributed by atoms with Gasteiger partial charge in [0.2, 0.25) is 0 Å². The summed E-state index contributed by atoms with van der Waals surface area (Å²) in [5.74, 6) is -3.14. The first-order valence-electron chi connectivity index (χ1n) is 22.1. The van der Waals surface area contributed by atoms with Gasteiger partial charge in [-0.05, 0) is 101 Å². The zero-order chi connectivity index (χ0) is 45.1. The highest BCUT2D eigenvalue weighted by Crippen LogP contribution is 2.55. The number of epoxide rings is 1. The van der Waals surface area contributed by atoms with Gasteiger partial charge in [0.1, 0.15) is 23.4 Å². The first-order valence-corrected chi connectivity index (χ1v) is 22.1. The molecule has 15 nitrogen and oxygen atoms in total. The number of hydrogen-bond acceptors (Lipinski definition) is 15. The molecule has 4 saturated heterocycles. The molecule has 4 aliphatic rings. The van der Waals surface area contributed by atoms with Crippen LogP contribution in [0.15, 0.2) is 12.7 Å². The lowest BCUT2D eigenvalue weighted by molar-refractivity contribution is -0.320. The molecule has 0 radical (unpaired) electrons. The lowest BCUT2D eigenvalue weighted by Crippen LogP contribution is -2.61. The quantitative estimate of drug-likeness (QED) is 0.0971. The van der Waals surface area contributed by atoms with E-state index in [0.717, 1.165) is 0 Å². The number of nitrogens with zero attached hydrogens (tertiary/aromatic N) is 1. The lowest BCUT2D eigenvalue weighted by Gasteiger charge is -2.50. The summed E-state index contributed by atoms with van der Waals surface area (Å²) in [6.07, 6.45) is -3.56. The monoisotopic (exact) mass is 857 g/mol. The molecule has 0 saturated carbocycles. The number of fused-ring (bicyclic) bond motifs is 1. The Morgan fingerprint density at radius 1 is 1.00 bits per heavy atom. The maximum Gasteiger partial charge on any atom is 0.311 e. The maximum absolute atomic E-state index is 14.7. The smallest absolute Gasteiger partial charge is 0.311 e. The summed E-state index contributed by atoms with van der Waals surface area (Å²) in [6.45, 7) is 25.4. The first kappa shape index (κ1) is 50.9. The molecule has 4 aliphatic heterocycles. The van der Waals surface area contributed by atoms with E-state index in [9.17, 15) is 19.8 Å². The predicted octanol–water partition coefficient (Wildman–Crippen LogP) is 4.38. The number of likely N-dealkylation sites (N-methyl/N-ethyl adjacent to an activating group) is 1. The fraction of sp³-hybridized carbons (Fsp3) is 0.911. The number of hydrogen-bond donors (Lipinski definition) is 3. The lowest BCUT2D eigenvalue weighted by atomic mass is 9.69. The predicted molar refractivity (Wildman–Crippen MR) is 225 cm³/mol. The average molecular weight is 857 g/mol.